The molecule has 0 aliphatic carbocycles. The van der Waals surface area contributed by atoms with Gasteiger partial charge in [-0.05, 0) is 24.3 Å². The van der Waals surface area contributed by atoms with Crippen LogP contribution in [0, 0.1) is 5.41 Å². The van der Waals surface area contributed by atoms with Crippen LogP contribution in [-0.2, 0) is 13.1 Å². The topological polar surface area (TPSA) is 29.9 Å². The van der Waals surface area contributed by atoms with Gasteiger partial charge < -0.3 is 9.88 Å². The highest BCUT2D eigenvalue weighted by Gasteiger charge is 2.20. The van der Waals surface area contributed by atoms with Crippen LogP contribution in [0.15, 0.2) is 42.9 Å². The number of nitrogens with zero attached hydrogens (tertiary/aromatic N) is 2. The lowest BCUT2D eigenvalue weighted by Crippen LogP contribution is -2.26. The SMILES string of the molecule is CCn1cncc1CNC(CC(C)(C)C)c1ccccc1. The van der Waals surface area contributed by atoms with E-state index in [1.165, 1.54) is 11.3 Å². The van der Waals surface area contributed by atoms with Gasteiger partial charge in [0, 0.05) is 25.3 Å². The van der Waals surface area contributed by atoms with E-state index >= 15 is 0 Å². The molecule has 0 saturated carbocycles. The van der Waals surface area contributed by atoms with Crippen molar-refractivity contribution in [2.24, 2.45) is 5.41 Å². The average Bonchev–Trinajstić information content (AvgIpc) is 2.90. The van der Waals surface area contributed by atoms with Gasteiger partial charge in [-0.25, -0.2) is 4.98 Å². The second-order valence-corrected chi connectivity index (χ2v) is 6.78. The molecule has 0 fully saturated rings. The van der Waals surface area contributed by atoms with Crippen molar-refractivity contribution in [1.29, 1.82) is 0 Å². The monoisotopic (exact) mass is 285 g/mol. The second-order valence-electron chi connectivity index (χ2n) is 6.78. The largest absolute Gasteiger partial charge is 0.334 e. The molecular weight excluding hydrogens is 258 g/mol. The van der Waals surface area contributed by atoms with Gasteiger partial charge in [0.2, 0.25) is 0 Å². The third-order valence-corrected chi connectivity index (χ3v) is 3.69. The van der Waals surface area contributed by atoms with Crippen molar-refractivity contribution in [2.75, 3.05) is 0 Å². The summed E-state index contributed by atoms with van der Waals surface area (Å²) in [6, 6.07) is 11.1. The van der Waals surface area contributed by atoms with E-state index in [1.807, 2.05) is 12.5 Å². The molecule has 0 bridgehead atoms. The minimum Gasteiger partial charge on any atom is -0.334 e. The van der Waals surface area contributed by atoms with Gasteiger partial charge in [-0.3, -0.25) is 0 Å². The predicted octanol–water partition coefficient (Wildman–Crippen LogP) is 4.17. The minimum absolute atomic E-state index is 0.290. The van der Waals surface area contributed by atoms with Crippen molar-refractivity contribution < 1.29 is 0 Å². The fraction of sp³-hybridized carbons (Fsp3) is 0.500. The zero-order valence-electron chi connectivity index (χ0n) is 13.6. The second kappa shape index (κ2) is 6.90. The van der Waals surface area contributed by atoms with E-state index < -0.39 is 0 Å². The van der Waals surface area contributed by atoms with Crippen LogP contribution in [0.2, 0.25) is 0 Å². The highest BCUT2D eigenvalue weighted by Crippen LogP contribution is 2.29. The molecule has 0 spiro atoms. The number of imidazole rings is 1. The first kappa shape index (κ1) is 15.8. The number of nitrogens with one attached hydrogen (secondary N) is 1. The summed E-state index contributed by atoms with van der Waals surface area (Å²) in [5.74, 6) is 0. The Labute approximate surface area is 128 Å². The van der Waals surface area contributed by atoms with Gasteiger partial charge in [0.1, 0.15) is 0 Å². The lowest BCUT2D eigenvalue weighted by atomic mass is 9.85. The molecule has 0 aliphatic rings. The summed E-state index contributed by atoms with van der Waals surface area (Å²) in [6.45, 7) is 10.8. The molecule has 21 heavy (non-hydrogen) atoms. The molecule has 2 rings (SSSR count). The molecular formula is C18H27N3. The Morgan fingerprint density at radius 1 is 1.19 bits per heavy atom. The van der Waals surface area contributed by atoms with E-state index in [2.05, 4.69) is 72.9 Å². The van der Waals surface area contributed by atoms with Crippen LogP contribution < -0.4 is 5.32 Å². The van der Waals surface area contributed by atoms with Crippen molar-refractivity contribution in [3.63, 3.8) is 0 Å². The maximum absolute atomic E-state index is 4.24. The lowest BCUT2D eigenvalue weighted by molar-refractivity contribution is 0.309. The molecule has 0 amide bonds. The average molecular weight is 285 g/mol. The zero-order chi connectivity index (χ0) is 15.3. The number of aryl methyl sites for hydroxylation is 1. The van der Waals surface area contributed by atoms with E-state index in [0.717, 1.165) is 19.5 Å². The molecule has 0 saturated heterocycles. The molecule has 2 aromatic rings. The standard InChI is InChI=1S/C18H27N3/c1-5-21-14-19-12-16(21)13-20-17(11-18(2,3)4)15-9-7-6-8-10-15/h6-10,12,14,17,20H,5,11,13H2,1-4H3. The predicted molar refractivity (Wildman–Crippen MR) is 88.0 cm³/mol. The van der Waals surface area contributed by atoms with Crippen molar-refractivity contribution in [1.82, 2.24) is 14.9 Å². The molecule has 1 atom stereocenters. The summed E-state index contributed by atoms with van der Waals surface area (Å²) in [7, 11) is 0. The number of hydrogen-bond donors (Lipinski definition) is 1. The molecule has 3 nitrogen and oxygen atoms in total. The first-order valence-corrected chi connectivity index (χ1v) is 7.77. The maximum Gasteiger partial charge on any atom is 0.0948 e. The van der Waals surface area contributed by atoms with Gasteiger partial charge in [0.05, 0.1) is 12.0 Å². The first-order valence-electron chi connectivity index (χ1n) is 7.77. The van der Waals surface area contributed by atoms with E-state index in [0.29, 0.717) is 11.5 Å². The summed E-state index contributed by atoms with van der Waals surface area (Å²) < 4.78 is 2.19. The van der Waals surface area contributed by atoms with Gasteiger partial charge in [-0.2, -0.15) is 0 Å². The van der Waals surface area contributed by atoms with Gasteiger partial charge in [0.15, 0.2) is 0 Å². The molecule has 0 radical (unpaired) electrons. The summed E-state index contributed by atoms with van der Waals surface area (Å²) in [5, 5.41) is 3.71. The van der Waals surface area contributed by atoms with Crippen molar-refractivity contribution in [3.05, 3.63) is 54.1 Å². The number of hydrogen-bond acceptors (Lipinski definition) is 2. The minimum atomic E-state index is 0.290. The first-order chi connectivity index (χ1) is 9.99. The van der Waals surface area contributed by atoms with Crippen molar-refractivity contribution in [2.45, 2.75) is 53.2 Å². The van der Waals surface area contributed by atoms with Crippen LogP contribution in [0.25, 0.3) is 0 Å². The Morgan fingerprint density at radius 3 is 2.52 bits per heavy atom. The van der Waals surface area contributed by atoms with Crippen LogP contribution in [0.1, 0.15) is 51.4 Å². The Bertz CT molecular complexity index is 537. The highest BCUT2D eigenvalue weighted by molar-refractivity contribution is 5.19. The van der Waals surface area contributed by atoms with E-state index in [1.54, 1.807) is 0 Å². The fourth-order valence-corrected chi connectivity index (χ4v) is 2.61. The fourth-order valence-electron chi connectivity index (χ4n) is 2.61. The van der Waals surface area contributed by atoms with Gasteiger partial charge in [0.25, 0.3) is 0 Å². The summed E-state index contributed by atoms with van der Waals surface area (Å²) in [6.07, 6.45) is 4.96. The highest BCUT2D eigenvalue weighted by atomic mass is 15.1. The Morgan fingerprint density at radius 2 is 1.90 bits per heavy atom. The van der Waals surface area contributed by atoms with Gasteiger partial charge in [-0.15, -0.1) is 0 Å². The van der Waals surface area contributed by atoms with Crippen LogP contribution >= 0.6 is 0 Å². The zero-order valence-corrected chi connectivity index (χ0v) is 13.6. The molecule has 3 heteroatoms. The third kappa shape index (κ3) is 4.71. The normalized spacial score (nSPS) is 13.3. The Balaban J connectivity index is 2.09. The van der Waals surface area contributed by atoms with Crippen LogP contribution in [0.5, 0.6) is 0 Å². The number of rotatable bonds is 6. The number of aromatic nitrogens is 2. The lowest BCUT2D eigenvalue weighted by Gasteiger charge is -2.27. The van der Waals surface area contributed by atoms with Gasteiger partial charge >= 0.3 is 0 Å². The van der Waals surface area contributed by atoms with E-state index in [4.69, 9.17) is 0 Å². The quantitative estimate of drug-likeness (QED) is 0.863. The van der Waals surface area contributed by atoms with Crippen LogP contribution in [0.4, 0.5) is 0 Å². The molecule has 1 N–H and O–H groups in total. The van der Waals surface area contributed by atoms with Crippen molar-refractivity contribution >= 4 is 0 Å². The summed E-state index contributed by atoms with van der Waals surface area (Å²) in [4.78, 5) is 4.24. The van der Waals surface area contributed by atoms with Crippen molar-refractivity contribution in [3.8, 4) is 0 Å². The molecule has 0 aliphatic heterocycles. The molecule has 1 aromatic heterocycles. The molecule has 114 valence electrons. The van der Waals surface area contributed by atoms with Crippen LogP contribution in [0.3, 0.4) is 0 Å². The third-order valence-electron chi connectivity index (χ3n) is 3.69. The van der Waals surface area contributed by atoms with Crippen LogP contribution in [-0.4, -0.2) is 9.55 Å². The summed E-state index contributed by atoms with van der Waals surface area (Å²) >= 11 is 0. The molecule has 1 heterocycles. The van der Waals surface area contributed by atoms with E-state index in [9.17, 15) is 0 Å². The molecule has 1 aromatic carbocycles. The maximum atomic E-state index is 4.24. The van der Waals surface area contributed by atoms with E-state index in [-0.39, 0.29) is 0 Å². The summed E-state index contributed by atoms with van der Waals surface area (Å²) in [5.41, 5.74) is 2.89. The Hall–Kier alpha value is -1.61. The smallest absolute Gasteiger partial charge is 0.0948 e. The molecule has 1 unspecified atom stereocenters. The van der Waals surface area contributed by atoms with Gasteiger partial charge in [-0.1, -0.05) is 51.1 Å². The Kier molecular flexibility index (Phi) is 5.18. The number of benzene rings is 1.